The number of anilines is 2. The SMILES string of the molecule is Cc1ccc(S(=O)(=O)Nc2ccc(N3CCC(C)CC3)cn2)cc1. The standard InChI is InChI=1S/C18H23N3O2S/c1-14-3-6-17(7-4-14)24(22,23)20-18-8-5-16(13-19-18)21-11-9-15(2)10-12-21/h3-8,13,15H,9-12H2,1-2H3,(H,19,20). The van der Waals surface area contributed by atoms with Crippen molar-refractivity contribution in [3.8, 4) is 0 Å². The summed E-state index contributed by atoms with van der Waals surface area (Å²) in [5, 5.41) is 0. The first-order chi connectivity index (χ1) is 11.4. The van der Waals surface area contributed by atoms with E-state index in [9.17, 15) is 8.42 Å². The van der Waals surface area contributed by atoms with E-state index in [-0.39, 0.29) is 4.90 Å². The second-order valence-electron chi connectivity index (χ2n) is 6.49. The molecule has 1 aliphatic heterocycles. The average Bonchev–Trinajstić information content (AvgIpc) is 2.56. The minimum absolute atomic E-state index is 0.240. The highest BCUT2D eigenvalue weighted by atomic mass is 32.2. The van der Waals surface area contributed by atoms with E-state index < -0.39 is 10.0 Å². The molecule has 1 aromatic heterocycles. The Morgan fingerprint density at radius 3 is 2.33 bits per heavy atom. The Morgan fingerprint density at radius 2 is 1.75 bits per heavy atom. The van der Waals surface area contributed by atoms with Crippen LogP contribution in [0.5, 0.6) is 0 Å². The Morgan fingerprint density at radius 1 is 1.08 bits per heavy atom. The van der Waals surface area contributed by atoms with Crippen LogP contribution in [0.25, 0.3) is 0 Å². The Hall–Kier alpha value is -2.08. The van der Waals surface area contributed by atoms with E-state index in [4.69, 9.17) is 0 Å². The molecule has 1 N–H and O–H groups in total. The fourth-order valence-corrected chi connectivity index (χ4v) is 3.82. The van der Waals surface area contributed by atoms with Crippen molar-refractivity contribution in [1.29, 1.82) is 0 Å². The molecule has 2 aromatic rings. The molecule has 0 atom stereocenters. The third kappa shape index (κ3) is 3.87. The first kappa shape index (κ1) is 16.8. The zero-order valence-electron chi connectivity index (χ0n) is 14.1. The van der Waals surface area contributed by atoms with Gasteiger partial charge in [-0.25, -0.2) is 13.4 Å². The van der Waals surface area contributed by atoms with Crippen LogP contribution in [0.1, 0.15) is 25.3 Å². The lowest BCUT2D eigenvalue weighted by molar-refractivity contribution is 0.438. The summed E-state index contributed by atoms with van der Waals surface area (Å²) in [6.45, 7) is 6.25. The number of piperidine rings is 1. The highest BCUT2D eigenvalue weighted by Gasteiger charge is 2.17. The number of aryl methyl sites for hydroxylation is 1. The number of sulfonamides is 1. The highest BCUT2D eigenvalue weighted by molar-refractivity contribution is 7.92. The molecule has 1 saturated heterocycles. The maximum Gasteiger partial charge on any atom is 0.263 e. The van der Waals surface area contributed by atoms with Gasteiger partial charge in [-0.1, -0.05) is 24.6 Å². The third-order valence-electron chi connectivity index (χ3n) is 4.47. The molecule has 24 heavy (non-hydrogen) atoms. The van der Waals surface area contributed by atoms with Gasteiger partial charge < -0.3 is 4.90 Å². The molecule has 5 nitrogen and oxygen atoms in total. The minimum Gasteiger partial charge on any atom is -0.370 e. The van der Waals surface area contributed by atoms with Crippen LogP contribution in [0.4, 0.5) is 11.5 Å². The predicted octanol–water partition coefficient (Wildman–Crippen LogP) is 3.43. The van der Waals surface area contributed by atoms with Gasteiger partial charge in [0.2, 0.25) is 0 Å². The molecular formula is C18H23N3O2S. The van der Waals surface area contributed by atoms with Crippen LogP contribution in [0.15, 0.2) is 47.5 Å². The molecule has 6 heteroatoms. The lowest BCUT2D eigenvalue weighted by Crippen LogP contribution is -2.32. The van der Waals surface area contributed by atoms with Crippen molar-refractivity contribution in [2.75, 3.05) is 22.7 Å². The first-order valence-corrected chi connectivity index (χ1v) is 9.73. The average molecular weight is 345 g/mol. The maximum atomic E-state index is 12.4. The Bertz CT molecular complexity index is 778. The fraction of sp³-hybridized carbons (Fsp3) is 0.389. The first-order valence-electron chi connectivity index (χ1n) is 8.24. The van der Waals surface area contributed by atoms with Gasteiger partial charge >= 0.3 is 0 Å². The summed E-state index contributed by atoms with van der Waals surface area (Å²) in [7, 11) is -3.60. The largest absolute Gasteiger partial charge is 0.370 e. The number of rotatable bonds is 4. The van der Waals surface area contributed by atoms with Crippen LogP contribution >= 0.6 is 0 Å². The van der Waals surface area contributed by atoms with Gasteiger partial charge in [-0.15, -0.1) is 0 Å². The van der Waals surface area contributed by atoms with Crippen molar-refractivity contribution in [2.24, 2.45) is 5.92 Å². The molecule has 128 valence electrons. The zero-order valence-corrected chi connectivity index (χ0v) is 14.9. The van der Waals surface area contributed by atoms with Crippen molar-refractivity contribution in [1.82, 2.24) is 4.98 Å². The number of hydrogen-bond donors (Lipinski definition) is 1. The molecule has 0 amide bonds. The Kier molecular flexibility index (Phi) is 4.76. The molecule has 0 saturated carbocycles. The second kappa shape index (κ2) is 6.81. The number of hydrogen-bond acceptors (Lipinski definition) is 4. The van der Waals surface area contributed by atoms with Crippen molar-refractivity contribution in [3.63, 3.8) is 0 Å². The molecule has 2 heterocycles. The van der Waals surface area contributed by atoms with Gasteiger partial charge in [0.15, 0.2) is 0 Å². The molecule has 0 radical (unpaired) electrons. The number of aromatic nitrogens is 1. The van der Waals surface area contributed by atoms with Crippen molar-refractivity contribution < 1.29 is 8.42 Å². The van der Waals surface area contributed by atoms with Gasteiger partial charge in [0.1, 0.15) is 5.82 Å². The molecule has 1 fully saturated rings. The number of nitrogens with one attached hydrogen (secondary N) is 1. The predicted molar refractivity (Wildman–Crippen MR) is 96.8 cm³/mol. The van der Waals surface area contributed by atoms with Crippen LogP contribution < -0.4 is 9.62 Å². The van der Waals surface area contributed by atoms with E-state index in [2.05, 4.69) is 21.5 Å². The lowest BCUT2D eigenvalue weighted by Gasteiger charge is -2.31. The monoisotopic (exact) mass is 345 g/mol. The van der Waals surface area contributed by atoms with Gasteiger partial charge in [-0.3, -0.25) is 4.72 Å². The molecule has 1 aromatic carbocycles. The van der Waals surface area contributed by atoms with Crippen molar-refractivity contribution in [3.05, 3.63) is 48.2 Å². The summed E-state index contributed by atoms with van der Waals surface area (Å²) in [6, 6.07) is 10.4. The minimum atomic E-state index is -3.60. The molecular weight excluding hydrogens is 322 g/mol. The topological polar surface area (TPSA) is 62.3 Å². The van der Waals surface area contributed by atoms with Crippen molar-refractivity contribution >= 4 is 21.5 Å². The van der Waals surface area contributed by atoms with Crippen molar-refractivity contribution in [2.45, 2.75) is 31.6 Å². The normalized spacial score (nSPS) is 16.2. The van der Waals surface area contributed by atoms with E-state index in [1.54, 1.807) is 36.5 Å². The lowest BCUT2D eigenvalue weighted by atomic mass is 9.99. The number of benzene rings is 1. The molecule has 1 aliphatic rings. The molecule has 0 aliphatic carbocycles. The van der Waals surface area contributed by atoms with E-state index in [0.717, 1.165) is 30.3 Å². The highest BCUT2D eigenvalue weighted by Crippen LogP contribution is 2.23. The third-order valence-corrected chi connectivity index (χ3v) is 5.84. The Labute approximate surface area is 143 Å². The van der Waals surface area contributed by atoms with E-state index >= 15 is 0 Å². The summed E-state index contributed by atoms with van der Waals surface area (Å²) in [6.07, 6.45) is 4.10. The molecule has 3 rings (SSSR count). The van der Waals surface area contributed by atoms with Crippen LogP contribution in [0.2, 0.25) is 0 Å². The summed E-state index contributed by atoms with van der Waals surface area (Å²) < 4.78 is 27.3. The smallest absolute Gasteiger partial charge is 0.263 e. The van der Waals surface area contributed by atoms with Crippen LogP contribution in [0.3, 0.4) is 0 Å². The van der Waals surface area contributed by atoms with Gasteiger partial charge in [-0.2, -0.15) is 0 Å². The molecule has 0 unspecified atom stereocenters. The second-order valence-corrected chi connectivity index (χ2v) is 8.17. The summed E-state index contributed by atoms with van der Waals surface area (Å²) >= 11 is 0. The summed E-state index contributed by atoms with van der Waals surface area (Å²) in [5.74, 6) is 1.11. The van der Waals surface area contributed by atoms with E-state index in [1.165, 1.54) is 12.8 Å². The van der Waals surface area contributed by atoms with Gasteiger partial charge in [0, 0.05) is 13.1 Å². The van der Waals surface area contributed by atoms with E-state index in [0.29, 0.717) is 5.82 Å². The maximum absolute atomic E-state index is 12.4. The van der Waals surface area contributed by atoms with Gasteiger partial charge in [0.25, 0.3) is 10.0 Å². The van der Waals surface area contributed by atoms with Crippen LogP contribution in [0, 0.1) is 12.8 Å². The zero-order chi connectivity index (χ0) is 17.2. The Balaban J connectivity index is 1.70. The number of nitrogens with zero attached hydrogens (tertiary/aromatic N) is 2. The molecule has 0 spiro atoms. The van der Waals surface area contributed by atoms with E-state index in [1.807, 2.05) is 13.0 Å². The van der Waals surface area contributed by atoms with Crippen LogP contribution in [-0.4, -0.2) is 26.5 Å². The summed E-state index contributed by atoms with van der Waals surface area (Å²) in [4.78, 5) is 6.81. The van der Waals surface area contributed by atoms with Crippen LogP contribution in [-0.2, 0) is 10.0 Å². The van der Waals surface area contributed by atoms with Gasteiger partial charge in [0.05, 0.1) is 16.8 Å². The fourth-order valence-electron chi connectivity index (χ4n) is 2.81. The summed E-state index contributed by atoms with van der Waals surface area (Å²) in [5.41, 5.74) is 2.06. The number of pyridine rings is 1. The molecule has 0 bridgehead atoms. The quantitative estimate of drug-likeness (QED) is 0.922. The van der Waals surface area contributed by atoms with Gasteiger partial charge in [-0.05, 0) is 49.9 Å².